The van der Waals surface area contributed by atoms with Crippen molar-refractivity contribution in [3.63, 3.8) is 0 Å². The minimum atomic E-state index is -0.0895. The lowest BCUT2D eigenvalue weighted by molar-refractivity contribution is -0.156. The smallest absolute Gasteiger partial charge is 0.308 e. The van der Waals surface area contributed by atoms with Gasteiger partial charge >= 0.3 is 11.9 Å². The number of rotatable bonds is 35. The molecule has 2 rings (SSSR count). The van der Waals surface area contributed by atoms with Crippen molar-refractivity contribution in [2.24, 2.45) is 17.3 Å². The van der Waals surface area contributed by atoms with E-state index >= 15 is 0 Å². The van der Waals surface area contributed by atoms with E-state index in [0.29, 0.717) is 18.6 Å². The van der Waals surface area contributed by atoms with Crippen molar-refractivity contribution < 1.29 is 24.2 Å². The molecule has 0 amide bonds. The topological polar surface area (TPSA) is 79.3 Å². The van der Waals surface area contributed by atoms with Crippen LogP contribution in [0.4, 0.5) is 0 Å². The van der Waals surface area contributed by atoms with Crippen molar-refractivity contribution in [3.8, 4) is 0 Å². The second kappa shape index (κ2) is 32.7. The first-order chi connectivity index (χ1) is 26.9. The molecule has 2 aliphatic rings. The molecule has 7 heteroatoms. The van der Waals surface area contributed by atoms with Crippen LogP contribution in [0.5, 0.6) is 0 Å². The van der Waals surface area contributed by atoms with Crippen LogP contribution >= 0.6 is 0 Å². The van der Waals surface area contributed by atoms with Crippen molar-refractivity contribution in [3.05, 3.63) is 0 Å². The number of aliphatic hydroxyl groups is 1. The minimum absolute atomic E-state index is 0.0248. The van der Waals surface area contributed by atoms with Crippen LogP contribution in [0.15, 0.2) is 0 Å². The van der Waals surface area contributed by atoms with Gasteiger partial charge < -0.3 is 19.5 Å². The van der Waals surface area contributed by atoms with E-state index in [4.69, 9.17) is 9.47 Å². The van der Waals surface area contributed by atoms with Crippen molar-refractivity contribution >= 4 is 11.9 Å². The fourth-order valence-corrected chi connectivity index (χ4v) is 9.15. The molecule has 2 fully saturated rings. The van der Waals surface area contributed by atoms with Crippen LogP contribution in [0, 0.1) is 17.3 Å². The van der Waals surface area contributed by atoms with Gasteiger partial charge in [-0.1, -0.05) is 156 Å². The predicted molar refractivity (Wildman–Crippen MR) is 231 cm³/mol. The Morgan fingerprint density at radius 2 is 0.873 bits per heavy atom. The molecule has 7 nitrogen and oxygen atoms in total. The van der Waals surface area contributed by atoms with Gasteiger partial charge in [0.25, 0.3) is 0 Å². The van der Waals surface area contributed by atoms with Gasteiger partial charge in [-0.25, -0.2) is 0 Å². The maximum atomic E-state index is 13.8. The monoisotopic (exact) mass is 777 g/mol. The summed E-state index contributed by atoms with van der Waals surface area (Å²) in [6.45, 7) is 15.3. The van der Waals surface area contributed by atoms with Gasteiger partial charge in [-0.3, -0.25) is 14.5 Å². The SMILES string of the molecule is CCCCCCCCC(CCCCCC)C(=O)OCC(COC(=O)C(CCCCCC)CCCCCCCC)N1CCC2(CCN(CCCCO)CC2)CC1. The Labute approximate surface area is 341 Å². The molecule has 0 aromatic heterocycles. The molecule has 324 valence electrons. The fraction of sp³-hybridized carbons (Fsp3) is 0.958. The highest BCUT2D eigenvalue weighted by Gasteiger charge is 2.39. The van der Waals surface area contributed by atoms with Gasteiger partial charge in [0.1, 0.15) is 13.2 Å². The number of aliphatic hydroxyl groups excluding tert-OH is 1. The molecule has 0 saturated carbocycles. The second-order valence-corrected chi connectivity index (χ2v) is 17.9. The average Bonchev–Trinajstić information content (AvgIpc) is 3.20. The highest BCUT2D eigenvalue weighted by atomic mass is 16.5. The number of hydrogen-bond acceptors (Lipinski definition) is 7. The van der Waals surface area contributed by atoms with Crippen molar-refractivity contribution in [2.45, 2.75) is 226 Å². The lowest BCUT2D eigenvalue weighted by Crippen LogP contribution is -2.52. The molecule has 0 aromatic rings. The number of hydrogen-bond donors (Lipinski definition) is 1. The Bertz CT molecular complexity index is 864. The normalized spacial score (nSPS) is 18.0. The zero-order valence-corrected chi connectivity index (χ0v) is 37.1. The first kappa shape index (κ1) is 50.0. The lowest BCUT2D eigenvalue weighted by atomic mass is 9.71. The summed E-state index contributed by atoms with van der Waals surface area (Å²) in [5.41, 5.74) is 0.392. The van der Waals surface area contributed by atoms with Crippen molar-refractivity contribution in [1.82, 2.24) is 9.80 Å². The number of carbonyl (C=O) groups excluding carboxylic acids is 2. The molecular weight excluding hydrogens is 685 g/mol. The number of esters is 2. The maximum Gasteiger partial charge on any atom is 0.308 e. The Morgan fingerprint density at radius 3 is 1.27 bits per heavy atom. The minimum Gasteiger partial charge on any atom is -0.464 e. The molecule has 0 aliphatic carbocycles. The van der Waals surface area contributed by atoms with Crippen LogP contribution in [-0.4, -0.2) is 85.4 Å². The van der Waals surface area contributed by atoms with Gasteiger partial charge in [-0.15, -0.1) is 0 Å². The standard InChI is InChI=1S/C48H92N2O5/c1-5-9-13-17-19-23-29-43(27-21-15-11-7-3)46(52)54-41-45(50-38-33-48(34-39-50)31-36-49(37-32-48)35-25-26-40-51)42-55-47(53)44(28-22-16-12-8-4)30-24-20-18-14-10-6-2/h43-45,51H,5-42H2,1-4H3. The zero-order valence-electron chi connectivity index (χ0n) is 37.1. The van der Waals surface area contributed by atoms with Crippen molar-refractivity contribution in [1.29, 1.82) is 0 Å². The van der Waals surface area contributed by atoms with Gasteiger partial charge in [0.2, 0.25) is 0 Å². The number of ether oxygens (including phenoxy) is 2. The number of unbranched alkanes of at least 4 members (excludes halogenated alkanes) is 17. The van der Waals surface area contributed by atoms with E-state index < -0.39 is 0 Å². The van der Waals surface area contributed by atoms with Gasteiger partial charge in [-0.05, 0) is 102 Å². The third-order valence-corrected chi connectivity index (χ3v) is 13.3. The number of carbonyl (C=O) groups is 2. The highest BCUT2D eigenvalue weighted by Crippen LogP contribution is 2.42. The van der Waals surface area contributed by atoms with Gasteiger partial charge in [0, 0.05) is 6.61 Å². The van der Waals surface area contributed by atoms with E-state index in [9.17, 15) is 14.7 Å². The molecule has 1 spiro atoms. The molecule has 2 heterocycles. The summed E-state index contributed by atoms with van der Waals surface area (Å²) in [6.07, 6.45) is 34.7. The lowest BCUT2D eigenvalue weighted by Gasteiger charge is -2.48. The van der Waals surface area contributed by atoms with Gasteiger partial charge in [0.15, 0.2) is 0 Å². The number of nitrogens with zero attached hydrogens (tertiary/aromatic N) is 2. The summed E-state index contributed by atoms with van der Waals surface area (Å²) in [6, 6.07) is -0.0895. The van der Waals surface area contributed by atoms with Crippen LogP contribution in [0.25, 0.3) is 0 Å². The summed E-state index contributed by atoms with van der Waals surface area (Å²) in [7, 11) is 0. The molecular formula is C48H92N2O5. The van der Waals surface area contributed by atoms with E-state index in [0.717, 1.165) is 110 Å². The van der Waals surface area contributed by atoms with Gasteiger partial charge in [-0.2, -0.15) is 0 Å². The summed E-state index contributed by atoms with van der Waals surface area (Å²) in [4.78, 5) is 32.7. The predicted octanol–water partition coefficient (Wildman–Crippen LogP) is 12.1. The Hall–Kier alpha value is -1.18. The number of likely N-dealkylation sites (tertiary alicyclic amines) is 2. The molecule has 0 bridgehead atoms. The number of piperidine rings is 2. The van der Waals surface area contributed by atoms with E-state index in [1.807, 2.05) is 0 Å². The van der Waals surface area contributed by atoms with Crippen LogP contribution in [-0.2, 0) is 19.1 Å². The quantitative estimate of drug-likeness (QED) is 0.0507. The van der Waals surface area contributed by atoms with E-state index in [1.165, 1.54) is 116 Å². The molecule has 1 N–H and O–H groups in total. The highest BCUT2D eigenvalue weighted by molar-refractivity contribution is 5.73. The van der Waals surface area contributed by atoms with Gasteiger partial charge in [0.05, 0.1) is 17.9 Å². The Balaban J connectivity index is 2.07. The molecule has 2 saturated heterocycles. The fourth-order valence-electron chi connectivity index (χ4n) is 9.15. The molecule has 2 aliphatic heterocycles. The summed E-state index contributed by atoms with van der Waals surface area (Å²) in [5.74, 6) is -0.105. The maximum absolute atomic E-state index is 13.8. The van der Waals surface area contributed by atoms with Crippen LogP contribution < -0.4 is 0 Å². The average molecular weight is 777 g/mol. The first-order valence-corrected chi connectivity index (χ1v) is 24.3. The van der Waals surface area contributed by atoms with E-state index in [2.05, 4.69) is 37.5 Å². The van der Waals surface area contributed by atoms with Crippen LogP contribution in [0.3, 0.4) is 0 Å². The summed E-state index contributed by atoms with van der Waals surface area (Å²) >= 11 is 0. The van der Waals surface area contributed by atoms with Crippen molar-refractivity contribution in [2.75, 3.05) is 52.5 Å². The Morgan fingerprint density at radius 1 is 0.509 bits per heavy atom. The van der Waals surface area contributed by atoms with Crippen LogP contribution in [0.1, 0.15) is 220 Å². The molecule has 55 heavy (non-hydrogen) atoms. The third-order valence-electron chi connectivity index (χ3n) is 13.3. The summed E-state index contributed by atoms with van der Waals surface area (Å²) < 4.78 is 12.5. The molecule has 0 radical (unpaired) electrons. The van der Waals surface area contributed by atoms with Crippen LogP contribution in [0.2, 0.25) is 0 Å². The molecule has 2 unspecified atom stereocenters. The molecule has 0 aromatic carbocycles. The largest absolute Gasteiger partial charge is 0.464 e. The molecule has 2 atom stereocenters. The first-order valence-electron chi connectivity index (χ1n) is 24.3. The summed E-state index contributed by atoms with van der Waals surface area (Å²) in [5, 5.41) is 9.22. The second-order valence-electron chi connectivity index (χ2n) is 17.9. The van der Waals surface area contributed by atoms with E-state index in [-0.39, 0.29) is 36.4 Å². The van der Waals surface area contributed by atoms with E-state index in [1.54, 1.807) is 0 Å². The zero-order chi connectivity index (χ0) is 39.8. The Kier molecular flexibility index (Phi) is 29.7. The third kappa shape index (κ3) is 22.5.